The molecule has 0 radical (unpaired) electrons. The number of fused-ring (bicyclic) bond motifs is 1. The van der Waals surface area contributed by atoms with Crippen LogP contribution >= 0.6 is 0 Å². The number of nitrogens with two attached hydrogens (primary N) is 1. The molecule has 2 rings (SSSR count). The van der Waals surface area contributed by atoms with Gasteiger partial charge in [-0.15, -0.1) is 0 Å². The van der Waals surface area contributed by atoms with E-state index >= 15 is 0 Å². The van der Waals surface area contributed by atoms with Gasteiger partial charge in [-0.25, -0.2) is 8.42 Å². The van der Waals surface area contributed by atoms with Crippen molar-refractivity contribution in [2.24, 2.45) is 5.73 Å². The van der Waals surface area contributed by atoms with Crippen molar-refractivity contribution in [2.75, 3.05) is 19.1 Å². The Bertz CT molecular complexity index is 873. The Hall–Kier alpha value is -2.06. The van der Waals surface area contributed by atoms with Crippen LogP contribution in [-0.4, -0.2) is 39.5 Å². The second kappa shape index (κ2) is 7.45. The molecule has 1 aromatic heterocycles. The summed E-state index contributed by atoms with van der Waals surface area (Å²) in [5, 5.41) is 3.69. The Morgan fingerprint density at radius 2 is 2.08 bits per heavy atom. The minimum atomic E-state index is -3.15. The summed E-state index contributed by atoms with van der Waals surface area (Å²) in [5.74, 6) is 0.822. The molecular formula is C17H24N2O5S. The minimum Gasteiger partial charge on any atom is -0.497 e. The first-order valence-electron chi connectivity index (χ1n) is 7.93. The van der Waals surface area contributed by atoms with Crippen molar-refractivity contribution in [1.82, 2.24) is 5.32 Å². The van der Waals surface area contributed by atoms with E-state index < -0.39 is 27.8 Å². The number of carbonyl (C=O) groups is 1. The summed E-state index contributed by atoms with van der Waals surface area (Å²) in [5.41, 5.74) is 7.39. The maximum Gasteiger partial charge on any atom is 0.237 e. The lowest BCUT2D eigenvalue weighted by atomic mass is 10.1. The van der Waals surface area contributed by atoms with Gasteiger partial charge in [-0.2, -0.15) is 0 Å². The van der Waals surface area contributed by atoms with Gasteiger partial charge < -0.3 is 20.2 Å². The molecule has 1 amide bonds. The normalized spacial score (nSPS) is 14.3. The van der Waals surface area contributed by atoms with Gasteiger partial charge in [-0.05, 0) is 38.5 Å². The second-order valence-corrected chi connectivity index (χ2v) is 8.47. The van der Waals surface area contributed by atoms with Crippen molar-refractivity contribution in [1.29, 1.82) is 0 Å². The van der Waals surface area contributed by atoms with Crippen molar-refractivity contribution in [3.05, 3.63) is 29.5 Å². The molecule has 25 heavy (non-hydrogen) atoms. The Morgan fingerprint density at radius 1 is 1.40 bits per heavy atom. The molecule has 0 fully saturated rings. The summed E-state index contributed by atoms with van der Waals surface area (Å²) in [6.45, 7) is 3.70. The standard InChI is InChI=1S/C17H24N2O5S/c1-10-13-9-12(23-3)5-6-15(13)24-16(10)11(2)19-17(20)14(18)7-8-25(4,21)22/h5-6,9,11,14H,7-8,18H2,1-4H3,(H,19,20). The van der Waals surface area contributed by atoms with Crippen molar-refractivity contribution >= 4 is 26.7 Å². The third-order valence-electron chi connectivity index (χ3n) is 4.07. The first kappa shape index (κ1) is 19.3. The number of aryl methyl sites for hydroxylation is 1. The minimum absolute atomic E-state index is 0.0771. The summed E-state index contributed by atoms with van der Waals surface area (Å²) < 4.78 is 33.4. The van der Waals surface area contributed by atoms with Crippen LogP contribution in [0, 0.1) is 6.92 Å². The van der Waals surface area contributed by atoms with Gasteiger partial charge in [-0.3, -0.25) is 4.79 Å². The number of hydrogen-bond acceptors (Lipinski definition) is 6. The summed E-state index contributed by atoms with van der Waals surface area (Å²) in [7, 11) is -1.56. The lowest BCUT2D eigenvalue weighted by molar-refractivity contribution is -0.123. The first-order valence-corrected chi connectivity index (χ1v) is 9.99. The number of amides is 1. The number of methoxy groups -OCH3 is 1. The molecule has 3 N–H and O–H groups in total. The molecule has 2 unspecified atom stereocenters. The highest BCUT2D eigenvalue weighted by atomic mass is 32.2. The van der Waals surface area contributed by atoms with Crippen LogP contribution in [0.2, 0.25) is 0 Å². The van der Waals surface area contributed by atoms with Crippen molar-refractivity contribution in [2.45, 2.75) is 32.4 Å². The zero-order valence-electron chi connectivity index (χ0n) is 14.8. The molecule has 1 heterocycles. The lowest BCUT2D eigenvalue weighted by Gasteiger charge is -2.16. The van der Waals surface area contributed by atoms with Gasteiger partial charge in [0.25, 0.3) is 0 Å². The highest BCUT2D eigenvalue weighted by Crippen LogP contribution is 2.31. The average molecular weight is 368 g/mol. The van der Waals surface area contributed by atoms with Gasteiger partial charge in [0.1, 0.15) is 26.9 Å². The van der Waals surface area contributed by atoms with E-state index in [-0.39, 0.29) is 12.2 Å². The average Bonchev–Trinajstić information content (AvgIpc) is 2.88. The Labute approximate surface area is 147 Å². The van der Waals surface area contributed by atoms with E-state index in [0.717, 1.165) is 23.0 Å². The maximum absolute atomic E-state index is 12.2. The topological polar surface area (TPSA) is 112 Å². The van der Waals surface area contributed by atoms with Crippen LogP contribution in [0.15, 0.2) is 22.6 Å². The molecule has 0 aliphatic carbocycles. The number of ether oxygens (including phenoxy) is 1. The zero-order chi connectivity index (χ0) is 18.8. The molecular weight excluding hydrogens is 344 g/mol. The number of nitrogens with one attached hydrogen (secondary N) is 1. The van der Waals surface area contributed by atoms with Gasteiger partial charge in [-0.1, -0.05) is 0 Å². The van der Waals surface area contributed by atoms with Crippen LogP contribution in [0.1, 0.15) is 30.7 Å². The van der Waals surface area contributed by atoms with Crippen LogP contribution < -0.4 is 15.8 Å². The number of carbonyl (C=O) groups excluding carboxylic acids is 1. The van der Waals surface area contributed by atoms with Crippen molar-refractivity contribution < 1.29 is 22.4 Å². The van der Waals surface area contributed by atoms with E-state index in [1.54, 1.807) is 20.1 Å². The largest absolute Gasteiger partial charge is 0.497 e. The van der Waals surface area contributed by atoms with Crippen molar-refractivity contribution in [3.63, 3.8) is 0 Å². The van der Waals surface area contributed by atoms with Gasteiger partial charge in [0.05, 0.1) is 24.9 Å². The second-order valence-electron chi connectivity index (χ2n) is 6.21. The summed E-state index contributed by atoms with van der Waals surface area (Å²) in [6, 6.07) is 4.22. The van der Waals surface area contributed by atoms with Crippen LogP contribution in [0.4, 0.5) is 0 Å². The molecule has 2 aromatic rings. The van der Waals surface area contributed by atoms with Crippen LogP contribution in [0.5, 0.6) is 5.75 Å². The Kier molecular flexibility index (Phi) is 5.74. The molecule has 0 aliphatic rings. The summed E-state index contributed by atoms with van der Waals surface area (Å²) in [6.07, 6.45) is 1.19. The number of hydrogen-bond donors (Lipinski definition) is 2. The first-order chi connectivity index (χ1) is 11.6. The lowest BCUT2D eigenvalue weighted by Crippen LogP contribution is -2.42. The molecule has 0 bridgehead atoms. The summed E-state index contributed by atoms with van der Waals surface area (Å²) in [4.78, 5) is 12.2. The summed E-state index contributed by atoms with van der Waals surface area (Å²) >= 11 is 0. The predicted molar refractivity (Wildman–Crippen MR) is 96.4 cm³/mol. The molecule has 0 spiro atoms. The zero-order valence-corrected chi connectivity index (χ0v) is 15.6. The third-order valence-corrected chi connectivity index (χ3v) is 5.05. The molecule has 7 nitrogen and oxygen atoms in total. The van der Waals surface area contributed by atoms with Crippen LogP contribution in [0.3, 0.4) is 0 Å². The fourth-order valence-corrected chi connectivity index (χ4v) is 3.30. The number of benzene rings is 1. The van der Waals surface area contributed by atoms with E-state index in [9.17, 15) is 13.2 Å². The smallest absolute Gasteiger partial charge is 0.237 e. The van der Waals surface area contributed by atoms with E-state index in [1.165, 1.54) is 0 Å². The van der Waals surface area contributed by atoms with Gasteiger partial charge in [0.15, 0.2) is 0 Å². The van der Waals surface area contributed by atoms with E-state index in [0.29, 0.717) is 11.3 Å². The van der Waals surface area contributed by atoms with Crippen molar-refractivity contribution in [3.8, 4) is 5.75 Å². The predicted octanol–water partition coefficient (Wildman–Crippen LogP) is 1.69. The van der Waals surface area contributed by atoms with Crippen LogP contribution in [0.25, 0.3) is 11.0 Å². The molecule has 8 heteroatoms. The maximum atomic E-state index is 12.2. The van der Waals surface area contributed by atoms with Gasteiger partial charge >= 0.3 is 0 Å². The fourth-order valence-electron chi connectivity index (χ4n) is 2.62. The Morgan fingerprint density at radius 3 is 2.68 bits per heavy atom. The molecule has 138 valence electrons. The highest BCUT2D eigenvalue weighted by molar-refractivity contribution is 7.90. The molecule has 0 saturated carbocycles. The third kappa shape index (κ3) is 4.73. The Balaban J connectivity index is 2.12. The SMILES string of the molecule is COc1ccc2oc(C(C)NC(=O)C(N)CCS(C)(=O)=O)c(C)c2c1. The van der Waals surface area contributed by atoms with E-state index in [1.807, 2.05) is 19.1 Å². The number of furan rings is 1. The molecule has 1 aromatic carbocycles. The highest BCUT2D eigenvalue weighted by Gasteiger charge is 2.22. The molecule has 0 aliphatic heterocycles. The van der Waals surface area contributed by atoms with Crippen LogP contribution in [-0.2, 0) is 14.6 Å². The van der Waals surface area contributed by atoms with E-state index in [4.69, 9.17) is 14.9 Å². The molecule has 0 saturated heterocycles. The number of sulfone groups is 1. The quantitative estimate of drug-likeness (QED) is 0.769. The number of rotatable bonds is 7. The fraction of sp³-hybridized carbons (Fsp3) is 0.471. The van der Waals surface area contributed by atoms with E-state index in [2.05, 4.69) is 5.32 Å². The van der Waals surface area contributed by atoms with Gasteiger partial charge in [0, 0.05) is 17.2 Å². The molecule has 2 atom stereocenters. The monoisotopic (exact) mass is 368 g/mol. The van der Waals surface area contributed by atoms with Gasteiger partial charge in [0.2, 0.25) is 5.91 Å².